The second-order valence-electron chi connectivity index (χ2n) is 7.80. The maximum atomic E-state index is 13.3. The molecule has 180 valence electrons. The van der Waals surface area contributed by atoms with E-state index in [9.17, 15) is 14.7 Å². The van der Waals surface area contributed by atoms with Crippen LogP contribution in [-0.4, -0.2) is 39.1 Å². The molecule has 3 heterocycles. The van der Waals surface area contributed by atoms with E-state index in [-0.39, 0.29) is 16.5 Å². The third-order valence-corrected chi connectivity index (χ3v) is 7.76. The van der Waals surface area contributed by atoms with Gasteiger partial charge in [-0.15, -0.1) is 10.2 Å². The summed E-state index contributed by atoms with van der Waals surface area (Å²) in [6.45, 7) is 0. The molecule has 2 aromatic heterocycles. The molecule has 0 bridgehead atoms. The van der Waals surface area contributed by atoms with Gasteiger partial charge >= 0.3 is 5.91 Å². The molecule has 1 fully saturated rings. The molecule has 1 atom stereocenters. The van der Waals surface area contributed by atoms with Crippen LogP contribution in [0.5, 0.6) is 5.75 Å². The predicted octanol–water partition coefficient (Wildman–Crippen LogP) is 4.86. The lowest BCUT2D eigenvalue weighted by Crippen LogP contribution is -2.29. The maximum absolute atomic E-state index is 13.3. The molecule has 0 spiro atoms. The fourth-order valence-corrected chi connectivity index (χ4v) is 5.70. The number of rotatable bonds is 7. The molecular weight excluding hydrogens is 496 g/mol. The normalized spacial score (nSPS) is 16.9. The van der Waals surface area contributed by atoms with Crippen molar-refractivity contribution in [1.82, 2.24) is 15.2 Å². The predicted molar refractivity (Wildman–Crippen MR) is 138 cm³/mol. The first-order valence-electron chi connectivity index (χ1n) is 10.9. The number of aliphatic hydroxyl groups is 1. The Kier molecular flexibility index (Phi) is 6.79. The van der Waals surface area contributed by atoms with Gasteiger partial charge in [-0.05, 0) is 47.5 Å². The Morgan fingerprint density at radius 2 is 1.75 bits per heavy atom. The molecule has 5 rings (SSSR count). The highest BCUT2D eigenvalue weighted by molar-refractivity contribution is 8.00. The first-order valence-corrected chi connectivity index (χ1v) is 12.7. The van der Waals surface area contributed by atoms with Crippen molar-refractivity contribution in [3.63, 3.8) is 0 Å². The lowest BCUT2D eigenvalue weighted by molar-refractivity contribution is -0.132. The summed E-state index contributed by atoms with van der Waals surface area (Å²) in [5.74, 6) is -0.545. The Bertz CT molecular complexity index is 1420. The summed E-state index contributed by atoms with van der Waals surface area (Å²) in [5, 5.41) is 19.9. The third kappa shape index (κ3) is 4.60. The molecule has 0 radical (unpaired) electrons. The summed E-state index contributed by atoms with van der Waals surface area (Å²) in [6.07, 6.45) is 3.15. The molecule has 1 unspecified atom stereocenters. The van der Waals surface area contributed by atoms with Crippen molar-refractivity contribution in [2.45, 2.75) is 16.1 Å². The van der Waals surface area contributed by atoms with Crippen LogP contribution in [0.3, 0.4) is 0 Å². The quantitative estimate of drug-likeness (QED) is 0.122. The third-order valence-electron chi connectivity index (χ3n) is 5.64. The number of amides is 1. The fraction of sp³-hybridized carbons (Fsp3) is 0.115. The van der Waals surface area contributed by atoms with Crippen molar-refractivity contribution >= 4 is 45.7 Å². The van der Waals surface area contributed by atoms with Gasteiger partial charge in [0.1, 0.15) is 11.5 Å². The largest absolute Gasteiger partial charge is 0.507 e. The zero-order chi connectivity index (χ0) is 25.1. The molecule has 2 aromatic carbocycles. The van der Waals surface area contributed by atoms with E-state index in [0.717, 1.165) is 5.56 Å². The van der Waals surface area contributed by atoms with Crippen molar-refractivity contribution in [2.75, 3.05) is 12.0 Å². The second kappa shape index (κ2) is 10.3. The van der Waals surface area contributed by atoms with E-state index < -0.39 is 17.7 Å². The molecule has 10 heteroatoms. The van der Waals surface area contributed by atoms with Crippen LogP contribution in [-0.2, 0) is 15.3 Å². The first kappa shape index (κ1) is 23.7. The van der Waals surface area contributed by atoms with Crippen LogP contribution in [0.4, 0.5) is 5.13 Å². The first-order chi connectivity index (χ1) is 17.6. The van der Waals surface area contributed by atoms with E-state index in [1.165, 1.54) is 35.1 Å². The number of Topliss-reactive ketones (excluding diaryl/α,β-unsaturated/α-hetero) is 1. The Labute approximate surface area is 215 Å². The molecule has 0 aliphatic carbocycles. The Morgan fingerprint density at radius 3 is 2.44 bits per heavy atom. The van der Waals surface area contributed by atoms with Gasteiger partial charge in [0.05, 0.1) is 18.7 Å². The molecular formula is C26H20N4O4S2. The number of anilines is 1. The lowest BCUT2D eigenvalue weighted by atomic mass is 9.96. The fourth-order valence-electron chi connectivity index (χ4n) is 3.87. The van der Waals surface area contributed by atoms with Gasteiger partial charge in [-0.2, -0.15) is 0 Å². The van der Waals surface area contributed by atoms with Crippen LogP contribution >= 0.6 is 23.1 Å². The number of pyridine rings is 1. The van der Waals surface area contributed by atoms with E-state index in [1.807, 2.05) is 30.3 Å². The van der Waals surface area contributed by atoms with Gasteiger partial charge in [0.15, 0.2) is 4.34 Å². The number of ether oxygens (including phenoxy) is 1. The Morgan fingerprint density at radius 1 is 1.03 bits per heavy atom. The molecule has 36 heavy (non-hydrogen) atoms. The standard InChI is InChI=1S/C26H20N4O4S2/c1-34-19-9-7-18(8-10-19)22(31)20-21(17-11-13-27-14-12-17)30(24(33)23(20)32)25-28-29-26(36-25)35-15-16-5-3-2-4-6-16/h2-14,21,31H,15H2,1H3/b22-20-. The number of hydrogen-bond donors (Lipinski definition) is 1. The minimum Gasteiger partial charge on any atom is -0.507 e. The highest BCUT2D eigenvalue weighted by Gasteiger charge is 2.48. The van der Waals surface area contributed by atoms with Crippen molar-refractivity contribution in [3.05, 3.63) is 101 Å². The number of aromatic nitrogens is 3. The average Bonchev–Trinajstić information content (AvgIpc) is 3.50. The van der Waals surface area contributed by atoms with Gasteiger partial charge in [-0.25, -0.2) is 0 Å². The number of benzene rings is 2. The minimum atomic E-state index is -0.880. The summed E-state index contributed by atoms with van der Waals surface area (Å²) >= 11 is 2.72. The highest BCUT2D eigenvalue weighted by Crippen LogP contribution is 2.44. The summed E-state index contributed by atoms with van der Waals surface area (Å²) in [6, 6.07) is 19.1. The van der Waals surface area contributed by atoms with Crippen LogP contribution in [0.1, 0.15) is 22.7 Å². The van der Waals surface area contributed by atoms with Crippen molar-refractivity contribution in [1.29, 1.82) is 0 Å². The van der Waals surface area contributed by atoms with Gasteiger partial charge in [0.25, 0.3) is 5.78 Å². The monoisotopic (exact) mass is 516 g/mol. The molecule has 1 saturated heterocycles. The summed E-state index contributed by atoms with van der Waals surface area (Å²) in [5.41, 5.74) is 2.12. The highest BCUT2D eigenvalue weighted by atomic mass is 32.2. The molecule has 8 nitrogen and oxygen atoms in total. The number of carbonyl (C=O) groups is 2. The molecule has 0 saturated carbocycles. The van der Waals surface area contributed by atoms with Gasteiger partial charge in [-0.1, -0.05) is 53.4 Å². The Hall–Kier alpha value is -4.02. The van der Waals surface area contributed by atoms with Crippen LogP contribution in [0.25, 0.3) is 5.76 Å². The van der Waals surface area contributed by atoms with Crippen molar-refractivity contribution in [2.24, 2.45) is 0 Å². The summed E-state index contributed by atoms with van der Waals surface area (Å²) < 4.78 is 5.84. The van der Waals surface area contributed by atoms with Gasteiger partial charge in [0, 0.05) is 23.7 Å². The average molecular weight is 517 g/mol. The molecule has 1 aliphatic rings. The van der Waals surface area contributed by atoms with Crippen LogP contribution in [0.2, 0.25) is 0 Å². The molecule has 4 aromatic rings. The number of hydrogen-bond acceptors (Lipinski definition) is 9. The van der Waals surface area contributed by atoms with E-state index in [1.54, 1.807) is 48.8 Å². The van der Waals surface area contributed by atoms with E-state index in [2.05, 4.69) is 15.2 Å². The maximum Gasteiger partial charge on any atom is 0.301 e. The van der Waals surface area contributed by atoms with E-state index >= 15 is 0 Å². The zero-order valence-electron chi connectivity index (χ0n) is 19.1. The van der Waals surface area contributed by atoms with Crippen LogP contribution in [0.15, 0.2) is 89.0 Å². The summed E-state index contributed by atoms with van der Waals surface area (Å²) in [7, 11) is 1.54. The minimum absolute atomic E-state index is 0.0231. The number of methoxy groups -OCH3 is 1. The number of nitrogens with zero attached hydrogens (tertiary/aromatic N) is 4. The lowest BCUT2D eigenvalue weighted by Gasteiger charge is -2.22. The SMILES string of the molecule is COc1ccc(/C(O)=C2/C(=O)C(=O)N(c3nnc(SCc4ccccc4)s3)C2c2ccncc2)cc1. The second-order valence-corrected chi connectivity index (χ2v) is 9.98. The summed E-state index contributed by atoms with van der Waals surface area (Å²) in [4.78, 5) is 31.8. The topological polar surface area (TPSA) is 106 Å². The molecule has 1 N–H and O–H groups in total. The molecule has 1 amide bonds. The molecule has 1 aliphatic heterocycles. The number of thioether (sulfide) groups is 1. The smallest absolute Gasteiger partial charge is 0.301 e. The van der Waals surface area contributed by atoms with Crippen molar-refractivity contribution in [3.8, 4) is 5.75 Å². The van der Waals surface area contributed by atoms with Crippen LogP contribution < -0.4 is 9.64 Å². The van der Waals surface area contributed by atoms with Gasteiger partial charge < -0.3 is 9.84 Å². The Balaban J connectivity index is 1.53. The zero-order valence-corrected chi connectivity index (χ0v) is 20.7. The van der Waals surface area contributed by atoms with Crippen molar-refractivity contribution < 1.29 is 19.4 Å². The van der Waals surface area contributed by atoms with Gasteiger partial charge in [0.2, 0.25) is 5.13 Å². The number of aliphatic hydroxyl groups excluding tert-OH is 1. The van der Waals surface area contributed by atoms with Gasteiger partial charge in [-0.3, -0.25) is 19.5 Å². The number of ketones is 1. The van der Waals surface area contributed by atoms with E-state index in [4.69, 9.17) is 4.74 Å². The van der Waals surface area contributed by atoms with E-state index in [0.29, 0.717) is 27.0 Å². The number of carbonyl (C=O) groups excluding carboxylic acids is 2. The van der Waals surface area contributed by atoms with Crippen LogP contribution in [0, 0.1) is 0 Å².